The summed E-state index contributed by atoms with van der Waals surface area (Å²) < 4.78 is 6.53. The third kappa shape index (κ3) is 7.18. The third-order valence-electron chi connectivity index (χ3n) is 2.57. The summed E-state index contributed by atoms with van der Waals surface area (Å²) in [7, 11) is 1.90. The number of para-hydroxylation sites is 1. The van der Waals surface area contributed by atoms with Crippen molar-refractivity contribution in [3.63, 3.8) is 0 Å². The Labute approximate surface area is 123 Å². The molecule has 0 saturated heterocycles. The Balaban J connectivity index is 2.07. The van der Waals surface area contributed by atoms with Crippen LogP contribution in [0.1, 0.15) is 19.3 Å². The number of amides is 1. The summed E-state index contributed by atoms with van der Waals surface area (Å²) in [6.45, 7) is 2.20. The normalized spacial score (nSPS) is 10.2. The second-order valence-electron chi connectivity index (χ2n) is 4.19. The van der Waals surface area contributed by atoms with Gasteiger partial charge >= 0.3 is 0 Å². The molecule has 0 bridgehead atoms. The minimum absolute atomic E-state index is 0.0897. The van der Waals surface area contributed by atoms with Crippen molar-refractivity contribution in [1.82, 2.24) is 10.6 Å². The van der Waals surface area contributed by atoms with E-state index in [4.69, 9.17) is 4.74 Å². The Morgan fingerprint density at radius 1 is 1.26 bits per heavy atom. The largest absolute Gasteiger partial charge is 0.492 e. The summed E-state index contributed by atoms with van der Waals surface area (Å²) in [5, 5.41) is 5.93. The SMILES string of the molecule is CNCCCNC(=O)CCCOc1ccccc1Br. The molecule has 1 aromatic carbocycles. The predicted molar refractivity (Wildman–Crippen MR) is 80.4 cm³/mol. The second kappa shape index (κ2) is 9.81. The van der Waals surface area contributed by atoms with Crippen molar-refractivity contribution in [3.8, 4) is 5.75 Å². The van der Waals surface area contributed by atoms with Crippen LogP contribution >= 0.6 is 15.9 Å². The first-order chi connectivity index (χ1) is 9.24. The zero-order chi connectivity index (χ0) is 13.9. The van der Waals surface area contributed by atoms with Gasteiger partial charge in [-0.25, -0.2) is 0 Å². The molecule has 1 rings (SSSR count). The molecule has 0 saturated carbocycles. The molecule has 0 unspecified atom stereocenters. The van der Waals surface area contributed by atoms with Gasteiger partial charge < -0.3 is 15.4 Å². The molecule has 0 fully saturated rings. The molecule has 0 aromatic heterocycles. The maximum Gasteiger partial charge on any atom is 0.220 e. The van der Waals surface area contributed by atoms with E-state index >= 15 is 0 Å². The smallest absolute Gasteiger partial charge is 0.220 e. The van der Waals surface area contributed by atoms with E-state index in [2.05, 4.69) is 26.6 Å². The maximum atomic E-state index is 11.5. The Hall–Kier alpha value is -1.07. The zero-order valence-corrected chi connectivity index (χ0v) is 12.8. The van der Waals surface area contributed by atoms with Crippen molar-refractivity contribution >= 4 is 21.8 Å². The molecule has 0 aliphatic carbocycles. The van der Waals surface area contributed by atoms with E-state index in [-0.39, 0.29) is 5.91 Å². The highest BCUT2D eigenvalue weighted by molar-refractivity contribution is 9.10. The van der Waals surface area contributed by atoms with Crippen LogP contribution in [-0.4, -0.2) is 32.7 Å². The molecule has 0 radical (unpaired) electrons. The van der Waals surface area contributed by atoms with Gasteiger partial charge in [-0.05, 0) is 54.5 Å². The molecule has 0 atom stereocenters. The number of benzene rings is 1. The van der Waals surface area contributed by atoms with Crippen molar-refractivity contribution in [2.45, 2.75) is 19.3 Å². The van der Waals surface area contributed by atoms with Crippen LogP contribution in [0.25, 0.3) is 0 Å². The molecule has 19 heavy (non-hydrogen) atoms. The number of hydrogen-bond acceptors (Lipinski definition) is 3. The number of ether oxygens (including phenoxy) is 1. The topological polar surface area (TPSA) is 50.4 Å². The molecular formula is C14H21BrN2O2. The molecule has 5 heteroatoms. The van der Waals surface area contributed by atoms with E-state index in [0.29, 0.717) is 13.0 Å². The minimum atomic E-state index is 0.0897. The Morgan fingerprint density at radius 3 is 2.79 bits per heavy atom. The van der Waals surface area contributed by atoms with Gasteiger partial charge in [-0.15, -0.1) is 0 Å². The highest BCUT2D eigenvalue weighted by Crippen LogP contribution is 2.23. The number of nitrogens with one attached hydrogen (secondary N) is 2. The summed E-state index contributed by atoms with van der Waals surface area (Å²) in [5.74, 6) is 0.906. The lowest BCUT2D eigenvalue weighted by Crippen LogP contribution is -2.26. The van der Waals surface area contributed by atoms with Crippen LogP contribution < -0.4 is 15.4 Å². The van der Waals surface area contributed by atoms with Crippen molar-refractivity contribution in [2.75, 3.05) is 26.7 Å². The van der Waals surface area contributed by atoms with Crippen LogP contribution in [0.2, 0.25) is 0 Å². The fraction of sp³-hybridized carbons (Fsp3) is 0.500. The third-order valence-corrected chi connectivity index (χ3v) is 3.22. The molecule has 0 heterocycles. The fourth-order valence-corrected chi connectivity index (χ4v) is 1.96. The summed E-state index contributed by atoms with van der Waals surface area (Å²) in [4.78, 5) is 11.5. The lowest BCUT2D eigenvalue weighted by Gasteiger charge is -2.08. The Morgan fingerprint density at radius 2 is 2.05 bits per heavy atom. The van der Waals surface area contributed by atoms with Crippen LogP contribution in [0.3, 0.4) is 0 Å². The van der Waals surface area contributed by atoms with Crippen LogP contribution in [0, 0.1) is 0 Å². The van der Waals surface area contributed by atoms with Gasteiger partial charge in [0.1, 0.15) is 5.75 Å². The lowest BCUT2D eigenvalue weighted by atomic mass is 10.3. The van der Waals surface area contributed by atoms with E-state index in [1.807, 2.05) is 31.3 Å². The Bertz CT molecular complexity index is 385. The van der Waals surface area contributed by atoms with Gasteiger partial charge in [-0.3, -0.25) is 4.79 Å². The van der Waals surface area contributed by atoms with Crippen LogP contribution in [0.15, 0.2) is 28.7 Å². The predicted octanol–water partition coefficient (Wildman–Crippen LogP) is 2.33. The fourth-order valence-electron chi connectivity index (χ4n) is 1.56. The van der Waals surface area contributed by atoms with Gasteiger partial charge in [0.25, 0.3) is 0 Å². The van der Waals surface area contributed by atoms with E-state index in [9.17, 15) is 4.79 Å². The zero-order valence-electron chi connectivity index (χ0n) is 11.2. The second-order valence-corrected chi connectivity index (χ2v) is 5.04. The molecule has 2 N–H and O–H groups in total. The molecule has 1 aromatic rings. The number of carbonyl (C=O) groups is 1. The van der Waals surface area contributed by atoms with Crippen LogP contribution in [0.4, 0.5) is 0 Å². The summed E-state index contributed by atoms with van der Waals surface area (Å²) in [5.41, 5.74) is 0. The lowest BCUT2D eigenvalue weighted by molar-refractivity contribution is -0.121. The maximum absolute atomic E-state index is 11.5. The van der Waals surface area contributed by atoms with Crippen molar-refractivity contribution in [2.24, 2.45) is 0 Å². The molecule has 106 valence electrons. The first kappa shape index (κ1) is 16.0. The van der Waals surface area contributed by atoms with Gasteiger partial charge in [0.05, 0.1) is 11.1 Å². The van der Waals surface area contributed by atoms with E-state index < -0.39 is 0 Å². The van der Waals surface area contributed by atoms with Gasteiger partial charge in [-0.2, -0.15) is 0 Å². The highest BCUT2D eigenvalue weighted by atomic mass is 79.9. The summed E-state index contributed by atoms with van der Waals surface area (Å²) >= 11 is 3.42. The summed E-state index contributed by atoms with van der Waals surface area (Å²) in [6.07, 6.45) is 2.18. The van der Waals surface area contributed by atoms with E-state index in [0.717, 1.165) is 36.2 Å². The number of hydrogen-bond donors (Lipinski definition) is 2. The molecule has 0 aliphatic rings. The van der Waals surface area contributed by atoms with Crippen LogP contribution in [0.5, 0.6) is 5.75 Å². The van der Waals surface area contributed by atoms with Crippen molar-refractivity contribution < 1.29 is 9.53 Å². The number of halogens is 1. The monoisotopic (exact) mass is 328 g/mol. The summed E-state index contributed by atoms with van der Waals surface area (Å²) in [6, 6.07) is 7.70. The van der Waals surface area contributed by atoms with Crippen LogP contribution in [-0.2, 0) is 4.79 Å². The molecule has 4 nitrogen and oxygen atoms in total. The first-order valence-electron chi connectivity index (χ1n) is 6.52. The van der Waals surface area contributed by atoms with Gasteiger partial charge in [-0.1, -0.05) is 12.1 Å². The molecule has 0 aliphatic heterocycles. The van der Waals surface area contributed by atoms with Gasteiger partial charge in [0.2, 0.25) is 5.91 Å². The van der Waals surface area contributed by atoms with E-state index in [1.54, 1.807) is 0 Å². The van der Waals surface area contributed by atoms with Gasteiger partial charge in [0.15, 0.2) is 0 Å². The highest BCUT2D eigenvalue weighted by Gasteiger charge is 2.02. The quantitative estimate of drug-likeness (QED) is 0.684. The first-order valence-corrected chi connectivity index (χ1v) is 7.32. The number of rotatable bonds is 9. The van der Waals surface area contributed by atoms with Crippen molar-refractivity contribution in [3.05, 3.63) is 28.7 Å². The van der Waals surface area contributed by atoms with Gasteiger partial charge in [0, 0.05) is 13.0 Å². The number of carbonyl (C=O) groups excluding carboxylic acids is 1. The van der Waals surface area contributed by atoms with E-state index in [1.165, 1.54) is 0 Å². The molecule has 0 spiro atoms. The average Bonchev–Trinajstić information content (AvgIpc) is 2.41. The van der Waals surface area contributed by atoms with Crippen molar-refractivity contribution in [1.29, 1.82) is 0 Å². The standard InChI is InChI=1S/C14H21BrN2O2/c1-16-9-5-10-17-14(18)8-4-11-19-13-7-3-2-6-12(13)15/h2-3,6-7,16H,4-5,8-11H2,1H3,(H,17,18). The average molecular weight is 329 g/mol. The minimum Gasteiger partial charge on any atom is -0.492 e. The molecule has 1 amide bonds. The Kier molecular flexibility index (Phi) is 8.25. The molecular weight excluding hydrogens is 308 g/mol.